The van der Waals surface area contributed by atoms with Crippen molar-refractivity contribution >= 4 is 11.9 Å². The van der Waals surface area contributed by atoms with Gasteiger partial charge in [0, 0.05) is 7.05 Å². The molecule has 1 aliphatic carbocycles. The third-order valence-electron chi connectivity index (χ3n) is 4.75. The van der Waals surface area contributed by atoms with E-state index in [1.54, 1.807) is 9.58 Å². The highest BCUT2D eigenvalue weighted by Gasteiger charge is 2.52. The maximum atomic E-state index is 12.4. The molecule has 21 heavy (non-hydrogen) atoms. The molecule has 0 radical (unpaired) electrons. The molecule has 0 aromatic carbocycles. The standard InChI is InChI=1S/C15H22N4O2/c1-11-9-12(18(2)17-11)10-19-14(21)16-13(20)15(19)7-5-3-4-6-8-15/h9H,3-8,10H2,1-2H3,(H,16,20,21). The lowest BCUT2D eigenvalue weighted by Crippen LogP contribution is -2.49. The molecular formula is C15H22N4O2. The summed E-state index contributed by atoms with van der Waals surface area (Å²) >= 11 is 0. The van der Waals surface area contributed by atoms with Gasteiger partial charge < -0.3 is 4.90 Å². The van der Waals surface area contributed by atoms with Crippen LogP contribution in [0.1, 0.15) is 49.9 Å². The molecule has 1 aromatic rings. The number of hydrogen-bond acceptors (Lipinski definition) is 3. The van der Waals surface area contributed by atoms with Crippen molar-refractivity contribution in [1.82, 2.24) is 20.0 Å². The maximum Gasteiger partial charge on any atom is 0.325 e. The summed E-state index contributed by atoms with van der Waals surface area (Å²) in [6.07, 6.45) is 5.82. The molecule has 0 unspecified atom stereocenters. The second kappa shape index (κ2) is 5.16. The zero-order valence-corrected chi connectivity index (χ0v) is 12.7. The van der Waals surface area contributed by atoms with E-state index in [2.05, 4.69) is 10.4 Å². The van der Waals surface area contributed by atoms with Crippen molar-refractivity contribution in [2.75, 3.05) is 0 Å². The Kier molecular flexibility index (Phi) is 3.47. The highest BCUT2D eigenvalue weighted by atomic mass is 16.2. The van der Waals surface area contributed by atoms with Crippen LogP contribution in [0.25, 0.3) is 0 Å². The zero-order valence-electron chi connectivity index (χ0n) is 12.7. The summed E-state index contributed by atoms with van der Waals surface area (Å²) in [7, 11) is 1.87. The van der Waals surface area contributed by atoms with Gasteiger partial charge in [0.1, 0.15) is 5.54 Å². The minimum Gasteiger partial charge on any atom is -0.304 e. The molecule has 1 aromatic heterocycles. The van der Waals surface area contributed by atoms with Crippen LogP contribution in [0.2, 0.25) is 0 Å². The molecule has 3 rings (SSSR count). The monoisotopic (exact) mass is 290 g/mol. The smallest absolute Gasteiger partial charge is 0.304 e. The molecule has 0 atom stereocenters. The molecule has 1 N–H and O–H groups in total. The highest BCUT2D eigenvalue weighted by Crippen LogP contribution is 2.37. The summed E-state index contributed by atoms with van der Waals surface area (Å²) in [5.41, 5.74) is 1.24. The fourth-order valence-corrected chi connectivity index (χ4v) is 3.61. The Bertz CT molecular complexity index is 570. The topological polar surface area (TPSA) is 67.2 Å². The molecule has 6 heteroatoms. The van der Waals surface area contributed by atoms with Crippen molar-refractivity contribution in [3.8, 4) is 0 Å². The molecule has 1 spiro atoms. The van der Waals surface area contributed by atoms with Crippen LogP contribution in [0.5, 0.6) is 0 Å². The quantitative estimate of drug-likeness (QED) is 0.846. The molecule has 2 fully saturated rings. The van der Waals surface area contributed by atoms with E-state index in [-0.39, 0.29) is 11.9 Å². The molecule has 0 bridgehead atoms. The van der Waals surface area contributed by atoms with Gasteiger partial charge in [0.25, 0.3) is 5.91 Å². The summed E-state index contributed by atoms with van der Waals surface area (Å²) in [5, 5.41) is 6.84. The SMILES string of the molecule is Cc1cc(CN2C(=O)NC(=O)C23CCCCCC3)n(C)n1. The van der Waals surface area contributed by atoms with E-state index in [0.29, 0.717) is 6.54 Å². The number of carbonyl (C=O) groups is 2. The minimum atomic E-state index is -0.647. The Hall–Kier alpha value is -1.85. The summed E-state index contributed by atoms with van der Waals surface area (Å²) in [4.78, 5) is 26.4. The lowest BCUT2D eigenvalue weighted by molar-refractivity contribution is -0.127. The van der Waals surface area contributed by atoms with E-state index >= 15 is 0 Å². The lowest BCUT2D eigenvalue weighted by atomic mass is 9.88. The zero-order chi connectivity index (χ0) is 15.0. The first-order chi connectivity index (χ1) is 10.0. The van der Waals surface area contributed by atoms with Crippen molar-refractivity contribution in [1.29, 1.82) is 0 Å². The normalized spacial score (nSPS) is 21.7. The van der Waals surface area contributed by atoms with Gasteiger partial charge >= 0.3 is 6.03 Å². The van der Waals surface area contributed by atoms with Crippen molar-refractivity contribution in [2.45, 2.75) is 57.5 Å². The van der Waals surface area contributed by atoms with Crippen molar-refractivity contribution in [3.63, 3.8) is 0 Å². The largest absolute Gasteiger partial charge is 0.325 e. The predicted octanol–water partition coefficient (Wildman–Crippen LogP) is 1.87. The molecule has 2 heterocycles. The summed E-state index contributed by atoms with van der Waals surface area (Å²) < 4.78 is 1.79. The number of rotatable bonds is 2. The second-order valence-electron chi connectivity index (χ2n) is 6.19. The maximum absolute atomic E-state index is 12.4. The molecule has 2 aliphatic rings. The van der Waals surface area contributed by atoms with Gasteiger partial charge in [0.15, 0.2) is 0 Å². The number of carbonyl (C=O) groups excluding carboxylic acids is 2. The number of nitrogens with one attached hydrogen (secondary N) is 1. The number of nitrogens with zero attached hydrogens (tertiary/aromatic N) is 3. The van der Waals surface area contributed by atoms with Crippen LogP contribution >= 0.6 is 0 Å². The van der Waals surface area contributed by atoms with Crippen molar-refractivity contribution in [3.05, 3.63) is 17.5 Å². The number of aryl methyl sites for hydroxylation is 2. The molecule has 114 valence electrons. The van der Waals surface area contributed by atoms with Gasteiger partial charge in [0.05, 0.1) is 17.9 Å². The first-order valence-electron chi connectivity index (χ1n) is 7.65. The van der Waals surface area contributed by atoms with Crippen LogP contribution in [-0.4, -0.2) is 32.2 Å². The Balaban J connectivity index is 1.91. The van der Waals surface area contributed by atoms with E-state index < -0.39 is 5.54 Å². The summed E-state index contributed by atoms with van der Waals surface area (Å²) in [6.45, 7) is 2.37. The van der Waals surface area contributed by atoms with E-state index in [0.717, 1.165) is 49.9 Å². The molecule has 6 nitrogen and oxygen atoms in total. The van der Waals surface area contributed by atoms with Gasteiger partial charge in [-0.05, 0) is 25.8 Å². The van der Waals surface area contributed by atoms with Crippen LogP contribution in [0.4, 0.5) is 4.79 Å². The minimum absolute atomic E-state index is 0.117. The number of urea groups is 1. The van der Waals surface area contributed by atoms with Crippen LogP contribution in [0.15, 0.2) is 6.07 Å². The van der Waals surface area contributed by atoms with Gasteiger partial charge in [-0.25, -0.2) is 4.79 Å². The van der Waals surface area contributed by atoms with E-state index in [1.165, 1.54) is 0 Å². The predicted molar refractivity (Wildman–Crippen MR) is 77.5 cm³/mol. The van der Waals surface area contributed by atoms with E-state index in [4.69, 9.17) is 0 Å². The highest BCUT2D eigenvalue weighted by molar-refractivity contribution is 6.07. The van der Waals surface area contributed by atoms with Crippen LogP contribution in [0.3, 0.4) is 0 Å². The number of hydrogen-bond donors (Lipinski definition) is 1. The molecular weight excluding hydrogens is 268 g/mol. The third-order valence-corrected chi connectivity index (χ3v) is 4.75. The summed E-state index contributed by atoms with van der Waals surface area (Å²) in [5.74, 6) is -0.117. The third kappa shape index (κ3) is 2.32. The molecule has 1 saturated heterocycles. The van der Waals surface area contributed by atoms with Crippen LogP contribution in [0, 0.1) is 6.92 Å². The Labute approximate surface area is 124 Å². The molecule has 3 amide bonds. The van der Waals surface area contributed by atoms with Crippen molar-refractivity contribution in [2.24, 2.45) is 7.05 Å². The number of amides is 3. The van der Waals surface area contributed by atoms with Crippen LogP contribution < -0.4 is 5.32 Å². The summed E-state index contributed by atoms with van der Waals surface area (Å²) in [6, 6.07) is 1.71. The average molecular weight is 290 g/mol. The lowest BCUT2D eigenvalue weighted by Gasteiger charge is -2.34. The Morgan fingerprint density at radius 2 is 1.90 bits per heavy atom. The first-order valence-corrected chi connectivity index (χ1v) is 7.65. The van der Waals surface area contributed by atoms with Gasteiger partial charge in [0.2, 0.25) is 0 Å². The van der Waals surface area contributed by atoms with Gasteiger partial charge in [-0.2, -0.15) is 5.10 Å². The number of aromatic nitrogens is 2. The Morgan fingerprint density at radius 3 is 2.48 bits per heavy atom. The first kappa shape index (κ1) is 14.1. The Morgan fingerprint density at radius 1 is 1.24 bits per heavy atom. The van der Waals surface area contributed by atoms with E-state index in [9.17, 15) is 9.59 Å². The fraction of sp³-hybridized carbons (Fsp3) is 0.667. The fourth-order valence-electron chi connectivity index (χ4n) is 3.61. The van der Waals surface area contributed by atoms with Gasteiger partial charge in [-0.1, -0.05) is 25.7 Å². The van der Waals surface area contributed by atoms with E-state index in [1.807, 2.05) is 20.0 Å². The van der Waals surface area contributed by atoms with Crippen LogP contribution in [-0.2, 0) is 18.4 Å². The van der Waals surface area contributed by atoms with Crippen molar-refractivity contribution < 1.29 is 9.59 Å². The second-order valence-corrected chi connectivity index (χ2v) is 6.19. The van der Waals surface area contributed by atoms with Gasteiger partial charge in [-0.15, -0.1) is 0 Å². The average Bonchev–Trinajstić information content (AvgIpc) is 2.74. The van der Waals surface area contributed by atoms with Gasteiger partial charge in [-0.3, -0.25) is 14.8 Å². The molecule has 1 aliphatic heterocycles. The number of imide groups is 1. The molecule has 1 saturated carbocycles.